The molecular weight excluding hydrogens is 354 g/mol. The van der Waals surface area contributed by atoms with Gasteiger partial charge >= 0.3 is 0 Å². The Labute approximate surface area is 155 Å². The van der Waals surface area contributed by atoms with E-state index in [1.165, 1.54) is 11.3 Å². The molecule has 2 aromatic heterocycles. The molecule has 0 saturated carbocycles. The Hall–Kier alpha value is -2.58. The van der Waals surface area contributed by atoms with Crippen LogP contribution in [0.25, 0.3) is 16.2 Å². The van der Waals surface area contributed by atoms with Crippen LogP contribution in [0.5, 0.6) is 11.5 Å². The smallest absolute Gasteiger partial charge is 0.225 e. The molecule has 26 heavy (non-hydrogen) atoms. The summed E-state index contributed by atoms with van der Waals surface area (Å²) in [6.45, 7) is 0.537. The average molecular weight is 375 g/mol. The van der Waals surface area contributed by atoms with Gasteiger partial charge < -0.3 is 19.9 Å². The molecule has 8 heteroatoms. The minimum Gasteiger partial charge on any atom is -0.497 e. The Balaban J connectivity index is 1.87. The molecule has 2 N–H and O–H groups in total. The zero-order valence-electron chi connectivity index (χ0n) is 14.7. The molecule has 7 nitrogen and oxygen atoms in total. The molecule has 0 saturated heterocycles. The molecule has 1 aromatic carbocycles. The number of thiazole rings is 1. The number of hydrogen-bond donors (Lipinski definition) is 2. The van der Waals surface area contributed by atoms with E-state index in [0.29, 0.717) is 18.7 Å². The summed E-state index contributed by atoms with van der Waals surface area (Å²) in [4.78, 5) is 17.5. The Morgan fingerprint density at radius 2 is 2.19 bits per heavy atom. The van der Waals surface area contributed by atoms with E-state index in [-0.39, 0.29) is 18.9 Å². The minimum absolute atomic E-state index is 0.0657. The minimum atomic E-state index is -0.0765. The molecule has 138 valence electrons. The number of benzene rings is 1. The number of ether oxygens (including phenoxy) is 2. The van der Waals surface area contributed by atoms with Crippen molar-refractivity contribution in [3.8, 4) is 22.8 Å². The van der Waals surface area contributed by atoms with Crippen molar-refractivity contribution in [3.05, 3.63) is 35.5 Å². The van der Waals surface area contributed by atoms with Crippen LogP contribution in [0.1, 0.15) is 12.1 Å². The lowest BCUT2D eigenvalue weighted by Crippen LogP contribution is -2.26. The SMILES string of the molecule is COc1ccc(OC)c(-c2cn3c(CC(=O)NCCCO)csc3n2)c1. The molecule has 0 radical (unpaired) electrons. The van der Waals surface area contributed by atoms with Crippen LogP contribution in [-0.2, 0) is 11.2 Å². The summed E-state index contributed by atoms with van der Waals surface area (Å²) in [6.07, 6.45) is 2.71. The molecule has 3 aromatic rings. The molecule has 0 aliphatic carbocycles. The molecule has 0 spiro atoms. The maximum absolute atomic E-state index is 12.0. The van der Waals surface area contributed by atoms with Crippen molar-refractivity contribution >= 4 is 22.2 Å². The Morgan fingerprint density at radius 1 is 1.35 bits per heavy atom. The van der Waals surface area contributed by atoms with Crippen LogP contribution in [0.15, 0.2) is 29.8 Å². The van der Waals surface area contributed by atoms with Gasteiger partial charge in [-0.15, -0.1) is 11.3 Å². The van der Waals surface area contributed by atoms with E-state index in [4.69, 9.17) is 14.6 Å². The molecule has 1 amide bonds. The fraction of sp³-hybridized carbons (Fsp3) is 0.333. The number of fused-ring (bicyclic) bond motifs is 1. The zero-order valence-corrected chi connectivity index (χ0v) is 15.5. The summed E-state index contributed by atoms with van der Waals surface area (Å²) in [5, 5.41) is 13.5. The number of aliphatic hydroxyl groups excluding tert-OH is 1. The van der Waals surface area contributed by atoms with Gasteiger partial charge in [0, 0.05) is 36.0 Å². The van der Waals surface area contributed by atoms with Crippen molar-refractivity contribution < 1.29 is 19.4 Å². The van der Waals surface area contributed by atoms with E-state index in [2.05, 4.69) is 10.3 Å². The highest BCUT2D eigenvalue weighted by molar-refractivity contribution is 7.15. The lowest BCUT2D eigenvalue weighted by molar-refractivity contribution is -0.120. The normalized spacial score (nSPS) is 10.9. The van der Waals surface area contributed by atoms with Gasteiger partial charge in [-0.05, 0) is 24.6 Å². The molecule has 0 aliphatic rings. The topological polar surface area (TPSA) is 85.1 Å². The summed E-state index contributed by atoms with van der Waals surface area (Å²) >= 11 is 1.48. The van der Waals surface area contributed by atoms with Crippen molar-refractivity contribution in [2.75, 3.05) is 27.4 Å². The van der Waals surface area contributed by atoms with Crippen LogP contribution in [0.2, 0.25) is 0 Å². The lowest BCUT2D eigenvalue weighted by atomic mass is 10.1. The van der Waals surface area contributed by atoms with Gasteiger partial charge in [0.05, 0.1) is 26.3 Å². The van der Waals surface area contributed by atoms with E-state index in [1.807, 2.05) is 34.2 Å². The molecular formula is C18H21N3O4S. The van der Waals surface area contributed by atoms with Crippen LogP contribution in [0, 0.1) is 0 Å². The number of nitrogens with one attached hydrogen (secondary N) is 1. The van der Waals surface area contributed by atoms with Gasteiger partial charge in [-0.2, -0.15) is 0 Å². The second-order valence-electron chi connectivity index (χ2n) is 5.68. The van der Waals surface area contributed by atoms with Gasteiger partial charge in [0.1, 0.15) is 11.5 Å². The number of imidazole rings is 1. The second kappa shape index (κ2) is 8.20. The Kier molecular flexibility index (Phi) is 5.75. The first kappa shape index (κ1) is 18.2. The molecule has 0 unspecified atom stereocenters. The molecule has 0 bridgehead atoms. The number of aliphatic hydroxyl groups is 1. The van der Waals surface area contributed by atoms with Gasteiger partial charge in [0.2, 0.25) is 5.91 Å². The monoisotopic (exact) mass is 375 g/mol. The van der Waals surface area contributed by atoms with Crippen LogP contribution in [0.3, 0.4) is 0 Å². The van der Waals surface area contributed by atoms with Crippen LogP contribution in [-0.4, -0.2) is 47.8 Å². The van der Waals surface area contributed by atoms with E-state index >= 15 is 0 Å². The predicted molar refractivity (Wildman–Crippen MR) is 100 cm³/mol. The van der Waals surface area contributed by atoms with E-state index in [9.17, 15) is 4.79 Å². The predicted octanol–water partition coefficient (Wildman–Crippen LogP) is 2.12. The van der Waals surface area contributed by atoms with Crippen molar-refractivity contribution in [1.29, 1.82) is 0 Å². The van der Waals surface area contributed by atoms with Gasteiger partial charge in [-0.3, -0.25) is 9.20 Å². The number of methoxy groups -OCH3 is 2. The second-order valence-corrected chi connectivity index (χ2v) is 6.51. The largest absolute Gasteiger partial charge is 0.497 e. The van der Waals surface area contributed by atoms with Gasteiger partial charge in [-0.1, -0.05) is 0 Å². The van der Waals surface area contributed by atoms with Crippen molar-refractivity contribution in [2.24, 2.45) is 0 Å². The first-order valence-corrected chi connectivity index (χ1v) is 9.09. The number of rotatable bonds is 8. The molecule has 0 aliphatic heterocycles. The Bertz CT molecular complexity index is 903. The van der Waals surface area contributed by atoms with Crippen LogP contribution in [0.4, 0.5) is 0 Å². The van der Waals surface area contributed by atoms with E-state index < -0.39 is 0 Å². The van der Waals surface area contributed by atoms with Gasteiger partial charge in [-0.25, -0.2) is 4.98 Å². The highest BCUT2D eigenvalue weighted by Gasteiger charge is 2.15. The quantitative estimate of drug-likeness (QED) is 0.589. The van der Waals surface area contributed by atoms with Crippen LogP contribution >= 0.6 is 11.3 Å². The third-order valence-electron chi connectivity index (χ3n) is 3.96. The highest BCUT2D eigenvalue weighted by Crippen LogP contribution is 2.34. The van der Waals surface area contributed by atoms with E-state index in [1.54, 1.807) is 14.2 Å². The van der Waals surface area contributed by atoms with E-state index in [0.717, 1.165) is 27.7 Å². The fourth-order valence-corrected chi connectivity index (χ4v) is 3.51. The van der Waals surface area contributed by atoms with Crippen molar-refractivity contribution in [3.63, 3.8) is 0 Å². The number of carbonyl (C=O) groups excluding carboxylic acids is 1. The Morgan fingerprint density at radius 3 is 2.92 bits per heavy atom. The van der Waals surface area contributed by atoms with Gasteiger partial charge in [0.15, 0.2) is 4.96 Å². The summed E-state index contributed by atoms with van der Waals surface area (Å²) in [5.41, 5.74) is 2.46. The first-order valence-electron chi connectivity index (χ1n) is 8.21. The van der Waals surface area contributed by atoms with Crippen molar-refractivity contribution in [2.45, 2.75) is 12.8 Å². The molecule has 3 rings (SSSR count). The summed E-state index contributed by atoms with van der Waals surface area (Å²) in [6, 6.07) is 5.56. The number of hydrogen-bond acceptors (Lipinski definition) is 6. The molecule has 0 atom stereocenters. The van der Waals surface area contributed by atoms with Crippen molar-refractivity contribution in [1.82, 2.24) is 14.7 Å². The number of nitrogens with zero attached hydrogens (tertiary/aromatic N) is 2. The maximum Gasteiger partial charge on any atom is 0.225 e. The zero-order chi connectivity index (χ0) is 18.5. The number of carbonyl (C=O) groups is 1. The lowest BCUT2D eigenvalue weighted by Gasteiger charge is -2.08. The number of aromatic nitrogens is 2. The number of amides is 1. The average Bonchev–Trinajstić information content (AvgIpc) is 3.23. The van der Waals surface area contributed by atoms with Crippen LogP contribution < -0.4 is 14.8 Å². The maximum atomic E-state index is 12.0. The summed E-state index contributed by atoms with van der Waals surface area (Å²) in [7, 11) is 3.23. The highest BCUT2D eigenvalue weighted by atomic mass is 32.1. The standard InChI is InChI=1S/C18H21N3O4S/c1-24-13-4-5-16(25-2)14(9-13)15-10-21-12(11-26-18(21)20-15)8-17(23)19-6-3-7-22/h4-5,9-11,22H,3,6-8H2,1-2H3,(H,19,23). The summed E-state index contributed by atoms with van der Waals surface area (Å²) < 4.78 is 12.7. The first-order chi connectivity index (χ1) is 12.7. The molecule has 0 fully saturated rings. The third kappa shape index (κ3) is 3.81. The third-order valence-corrected chi connectivity index (χ3v) is 4.85. The molecule has 2 heterocycles. The van der Waals surface area contributed by atoms with Gasteiger partial charge in [0.25, 0.3) is 0 Å². The summed E-state index contributed by atoms with van der Waals surface area (Å²) in [5.74, 6) is 1.35. The fourth-order valence-electron chi connectivity index (χ4n) is 2.63.